The Morgan fingerprint density at radius 1 is 1.11 bits per heavy atom. The largest absolute Gasteiger partial charge is 0.505 e. The molecule has 0 amide bonds. The van der Waals surface area contributed by atoms with E-state index in [4.69, 9.17) is 9.47 Å². The average Bonchev–Trinajstić information content (AvgIpc) is 3.00. The summed E-state index contributed by atoms with van der Waals surface area (Å²) in [5.74, 6) is 1.20. The Hall–Kier alpha value is -2.37. The van der Waals surface area contributed by atoms with E-state index >= 15 is 0 Å². The van der Waals surface area contributed by atoms with Crippen molar-refractivity contribution in [1.82, 2.24) is 4.98 Å². The van der Waals surface area contributed by atoms with Crippen molar-refractivity contribution in [3.05, 3.63) is 41.5 Å². The number of methoxy groups -OCH3 is 1. The van der Waals surface area contributed by atoms with Crippen molar-refractivity contribution in [3.63, 3.8) is 0 Å². The molecule has 0 unspecified atom stereocenters. The molecule has 3 aromatic rings. The van der Waals surface area contributed by atoms with Gasteiger partial charge in [-0.3, -0.25) is 0 Å². The van der Waals surface area contributed by atoms with Crippen LogP contribution in [-0.4, -0.2) is 43.5 Å². The van der Waals surface area contributed by atoms with Gasteiger partial charge in [0.2, 0.25) is 0 Å². The molecule has 1 aliphatic heterocycles. The van der Waals surface area contributed by atoms with Crippen molar-refractivity contribution >= 4 is 29.0 Å². The van der Waals surface area contributed by atoms with Crippen LogP contribution in [0.15, 0.2) is 30.3 Å². The van der Waals surface area contributed by atoms with Gasteiger partial charge in [0.25, 0.3) is 0 Å². The van der Waals surface area contributed by atoms with Crippen LogP contribution in [-0.2, 0) is 4.74 Å². The van der Waals surface area contributed by atoms with Crippen LogP contribution in [0.5, 0.6) is 11.5 Å². The zero-order valence-corrected chi connectivity index (χ0v) is 16.7. The van der Waals surface area contributed by atoms with E-state index in [1.807, 2.05) is 25.1 Å². The maximum atomic E-state index is 10.6. The molecular weight excluding hydrogens is 364 g/mol. The number of morpholine rings is 1. The number of aromatic nitrogens is 1. The molecule has 1 aliphatic rings. The third-order valence-electron chi connectivity index (χ3n) is 5.19. The van der Waals surface area contributed by atoms with Crippen molar-refractivity contribution in [1.29, 1.82) is 0 Å². The van der Waals surface area contributed by atoms with Gasteiger partial charge in [-0.1, -0.05) is 0 Å². The quantitative estimate of drug-likeness (QED) is 0.697. The number of nitrogens with one attached hydrogen (secondary N) is 1. The summed E-state index contributed by atoms with van der Waals surface area (Å²) in [4.78, 5) is 5.72. The molecule has 2 heterocycles. The molecule has 0 saturated carbocycles. The van der Waals surface area contributed by atoms with Crippen LogP contribution in [0.2, 0.25) is 0 Å². The smallest absolute Gasteiger partial charge is 0.141 e. The lowest BCUT2D eigenvalue weighted by Crippen LogP contribution is -2.36. The zero-order chi connectivity index (χ0) is 18.3. The minimum atomic E-state index is 0. The number of rotatable bonds is 3. The molecule has 5 nitrogen and oxygen atoms in total. The second-order valence-electron chi connectivity index (χ2n) is 6.80. The van der Waals surface area contributed by atoms with Crippen molar-refractivity contribution < 1.29 is 14.6 Å². The van der Waals surface area contributed by atoms with Gasteiger partial charge in [0, 0.05) is 35.2 Å². The zero-order valence-electron chi connectivity index (χ0n) is 15.8. The van der Waals surface area contributed by atoms with E-state index in [2.05, 4.69) is 28.9 Å². The first-order valence-corrected chi connectivity index (χ1v) is 8.91. The number of aromatic amines is 1. The van der Waals surface area contributed by atoms with Gasteiger partial charge in [0.05, 0.1) is 26.0 Å². The molecular formula is C21H25ClN2O3. The first-order valence-electron chi connectivity index (χ1n) is 8.91. The second kappa shape index (κ2) is 7.71. The average molecular weight is 389 g/mol. The summed E-state index contributed by atoms with van der Waals surface area (Å²) in [5, 5.41) is 11.7. The third-order valence-corrected chi connectivity index (χ3v) is 5.19. The van der Waals surface area contributed by atoms with Crippen molar-refractivity contribution in [2.75, 3.05) is 38.3 Å². The number of aryl methyl sites for hydroxylation is 2. The number of hydrogen-bond acceptors (Lipinski definition) is 4. The van der Waals surface area contributed by atoms with Gasteiger partial charge in [-0.05, 0) is 55.3 Å². The predicted octanol–water partition coefficient (Wildman–Crippen LogP) is 4.42. The summed E-state index contributed by atoms with van der Waals surface area (Å²) < 4.78 is 10.8. The van der Waals surface area contributed by atoms with E-state index in [1.54, 1.807) is 7.11 Å². The van der Waals surface area contributed by atoms with E-state index < -0.39 is 0 Å². The first-order chi connectivity index (χ1) is 12.6. The summed E-state index contributed by atoms with van der Waals surface area (Å²) in [7, 11) is 1.68. The Kier molecular flexibility index (Phi) is 5.53. The fourth-order valence-electron chi connectivity index (χ4n) is 3.67. The number of ether oxygens (including phenoxy) is 2. The number of benzene rings is 2. The monoisotopic (exact) mass is 388 g/mol. The summed E-state index contributed by atoms with van der Waals surface area (Å²) in [5.41, 5.74) is 6.16. The van der Waals surface area contributed by atoms with Crippen LogP contribution in [0.25, 0.3) is 22.2 Å². The SMILES string of the molecule is COc1ccc2[nH]c(-c3cc(C)c(O)c(N4CCOCC4)c3)c(C)c2c1.Cl. The number of halogens is 1. The van der Waals surface area contributed by atoms with Crippen LogP contribution >= 0.6 is 12.4 Å². The summed E-state index contributed by atoms with van der Waals surface area (Å²) in [6, 6.07) is 10.2. The molecule has 0 atom stereocenters. The molecule has 2 N–H and O–H groups in total. The maximum absolute atomic E-state index is 10.6. The lowest BCUT2D eigenvalue weighted by Gasteiger charge is -2.30. The maximum Gasteiger partial charge on any atom is 0.141 e. The third kappa shape index (κ3) is 3.45. The highest BCUT2D eigenvalue weighted by atomic mass is 35.5. The molecule has 1 fully saturated rings. The van der Waals surface area contributed by atoms with E-state index in [0.717, 1.165) is 52.3 Å². The van der Waals surface area contributed by atoms with Crippen molar-refractivity contribution in [2.45, 2.75) is 13.8 Å². The Balaban J connectivity index is 0.00000210. The van der Waals surface area contributed by atoms with E-state index in [1.165, 1.54) is 5.56 Å². The van der Waals surface area contributed by atoms with Gasteiger partial charge in [-0.25, -0.2) is 0 Å². The summed E-state index contributed by atoms with van der Waals surface area (Å²) in [6.07, 6.45) is 0. The van der Waals surface area contributed by atoms with Gasteiger partial charge in [0.15, 0.2) is 0 Å². The van der Waals surface area contributed by atoms with Gasteiger partial charge in [-0.15, -0.1) is 12.4 Å². The van der Waals surface area contributed by atoms with Gasteiger partial charge >= 0.3 is 0 Å². The normalized spacial score (nSPS) is 14.3. The molecule has 27 heavy (non-hydrogen) atoms. The Morgan fingerprint density at radius 3 is 2.56 bits per heavy atom. The molecule has 2 aromatic carbocycles. The topological polar surface area (TPSA) is 57.7 Å². The highest BCUT2D eigenvalue weighted by molar-refractivity contribution is 5.92. The first kappa shape index (κ1) is 19.4. The molecule has 0 aliphatic carbocycles. The Morgan fingerprint density at radius 2 is 1.85 bits per heavy atom. The number of phenolic OH excluding ortho intramolecular Hbond substituents is 1. The standard InChI is InChI=1S/C21H24N2O3.ClH/c1-13-10-15(11-19(21(13)24)23-6-8-26-9-7-23)20-14(2)17-12-16(25-3)4-5-18(17)22-20;/h4-5,10-12,22,24H,6-9H2,1-3H3;1H. The lowest BCUT2D eigenvalue weighted by molar-refractivity contribution is 0.122. The van der Waals surface area contributed by atoms with E-state index in [-0.39, 0.29) is 12.4 Å². The lowest BCUT2D eigenvalue weighted by atomic mass is 10.0. The van der Waals surface area contributed by atoms with Crippen LogP contribution in [0, 0.1) is 13.8 Å². The highest BCUT2D eigenvalue weighted by Gasteiger charge is 2.19. The fraction of sp³-hybridized carbons (Fsp3) is 0.333. The number of fused-ring (bicyclic) bond motifs is 1. The van der Waals surface area contributed by atoms with Crippen LogP contribution in [0.3, 0.4) is 0 Å². The van der Waals surface area contributed by atoms with Crippen molar-refractivity contribution in [3.8, 4) is 22.8 Å². The molecule has 1 aromatic heterocycles. The number of nitrogens with zero attached hydrogens (tertiary/aromatic N) is 1. The summed E-state index contributed by atoms with van der Waals surface area (Å²) >= 11 is 0. The molecule has 6 heteroatoms. The minimum absolute atomic E-state index is 0. The number of aromatic hydroxyl groups is 1. The van der Waals surface area contributed by atoms with E-state index in [0.29, 0.717) is 19.0 Å². The molecule has 1 saturated heterocycles. The van der Waals surface area contributed by atoms with Crippen LogP contribution < -0.4 is 9.64 Å². The number of phenols is 1. The molecule has 4 rings (SSSR count). The van der Waals surface area contributed by atoms with E-state index in [9.17, 15) is 5.11 Å². The molecule has 0 bridgehead atoms. The minimum Gasteiger partial charge on any atom is -0.505 e. The van der Waals surface area contributed by atoms with Gasteiger partial charge in [-0.2, -0.15) is 0 Å². The van der Waals surface area contributed by atoms with Gasteiger partial charge in [0.1, 0.15) is 11.5 Å². The second-order valence-corrected chi connectivity index (χ2v) is 6.80. The van der Waals surface area contributed by atoms with Crippen LogP contribution in [0.4, 0.5) is 5.69 Å². The number of H-pyrrole nitrogens is 1. The van der Waals surface area contributed by atoms with Gasteiger partial charge < -0.3 is 24.5 Å². The Bertz CT molecular complexity index is 962. The van der Waals surface area contributed by atoms with Crippen LogP contribution in [0.1, 0.15) is 11.1 Å². The fourth-order valence-corrected chi connectivity index (χ4v) is 3.67. The number of hydrogen-bond donors (Lipinski definition) is 2. The number of anilines is 1. The molecule has 0 spiro atoms. The molecule has 0 radical (unpaired) electrons. The predicted molar refractivity (Wildman–Crippen MR) is 112 cm³/mol. The summed E-state index contributed by atoms with van der Waals surface area (Å²) in [6.45, 7) is 7.02. The Labute approximate surface area is 165 Å². The van der Waals surface area contributed by atoms with Crippen molar-refractivity contribution in [2.24, 2.45) is 0 Å². The highest BCUT2D eigenvalue weighted by Crippen LogP contribution is 2.39. The molecule has 144 valence electrons.